The lowest BCUT2D eigenvalue weighted by Crippen LogP contribution is -2.07. The van der Waals surface area contributed by atoms with Gasteiger partial charge in [-0.2, -0.15) is 0 Å². The molecule has 0 aliphatic carbocycles. The molecule has 6 heteroatoms. The van der Waals surface area contributed by atoms with E-state index < -0.39 is 0 Å². The highest BCUT2D eigenvalue weighted by atomic mass is 79.9. The van der Waals surface area contributed by atoms with E-state index in [4.69, 9.17) is 35.4 Å². The number of imidazole rings is 1. The molecule has 2 nitrogen and oxygen atoms in total. The van der Waals surface area contributed by atoms with Crippen molar-refractivity contribution >= 4 is 62.4 Å². The monoisotopic (exact) mass is 400 g/mol. The zero-order valence-electron chi connectivity index (χ0n) is 11.0. The summed E-state index contributed by atoms with van der Waals surface area (Å²) in [6.07, 6.45) is 0. The van der Waals surface area contributed by atoms with E-state index in [1.807, 2.05) is 30.3 Å². The molecular formula is C15H11BrCl2N2S. The molecule has 0 bridgehead atoms. The van der Waals surface area contributed by atoms with Crippen molar-refractivity contribution in [1.82, 2.24) is 9.55 Å². The van der Waals surface area contributed by atoms with Gasteiger partial charge in [-0.3, -0.25) is 0 Å². The Balaban J connectivity index is 2.21. The molecule has 0 spiro atoms. The number of fused-ring (bicyclic) bond motifs is 1. The molecule has 0 aliphatic rings. The minimum absolute atomic E-state index is 0.00492. The lowest BCUT2D eigenvalue weighted by atomic mass is 10.1. The fourth-order valence-corrected chi connectivity index (χ4v) is 3.74. The topological polar surface area (TPSA) is 20.7 Å². The first-order valence-electron chi connectivity index (χ1n) is 6.32. The molecule has 3 rings (SSSR count). The van der Waals surface area contributed by atoms with Gasteiger partial charge in [0, 0.05) is 14.5 Å². The molecule has 0 saturated carbocycles. The van der Waals surface area contributed by atoms with E-state index in [0.29, 0.717) is 14.8 Å². The molecule has 21 heavy (non-hydrogen) atoms. The van der Waals surface area contributed by atoms with Gasteiger partial charge in [0.15, 0.2) is 4.77 Å². The first-order chi connectivity index (χ1) is 9.97. The van der Waals surface area contributed by atoms with Gasteiger partial charge >= 0.3 is 0 Å². The van der Waals surface area contributed by atoms with Crippen molar-refractivity contribution in [1.29, 1.82) is 0 Å². The summed E-state index contributed by atoms with van der Waals surface area (Å²) >= 11 is 21.3. The van der Waals surface area contributed by atoms with Crippen LogP contribution < -0.4 is 0 Å². The van der Waals surface area contributed by atoms with Crippen molar-refractivity contribution in [2.24, 2.45) is 0 Å². The van der Waals surface area contributed by atoms with Gasteiger partial charge in [0.25, 0.3) is 0 Å². The molecule has 1 N–H and O–H groups in total. The highest BCUT2D eigenvalue weighted by molar-refractivity contribution is 9.10. The fourth-order valence-electron chi connectivity index (χ4n) is 2.46. The average Bonchev–Trinajstić information content (AvgIpc) is 2.73. The molecule has 1 aromatic heterocycles. The van der Waals surface area contributed by atoms with Crippen molar-refractivity contribution in [2.75, 3.05) is 0 Å². The van der Waals surface area contributed by atoms with E-state index in [1.54, 1.807) is 6.07 Å². The van der Waals surface area contributed by atoms with Gasteiger partial charge < -0.3 is 9.55 Å². The summed E-state index contributed by atoms with van der Waals surface area (Å²) in [7, 11) is 0. The zero-order valence-corrected chi connectivity index (χ0v) is 14.9. The molecule has 0 amide bonds. The van der Waals surface area contributed by atoms with E-state index in [-0.39, 0.29) is 6.04 Å². The summed E-state index contributed by atoms with van der Waals surface area (Å²) < 4.78 is 3.73. The van der Waals surface area contributed by atoms with Crippen LogP contribution in [-0.2, 0) is 0 Å². The summed E-state index contributed by atoms with van der Waals surface area (Å²) in [6, 6.07) is 11.6. The number of aromatic nitrogens is 2. The first-order valence-corrected chi connectivity index (χ1v) is 8.28. The Kier molecular flexibility index (Phi) is 4.14. The van der Waals surface area contributed by atoms with Crippen LogP contribution in [0.15, 0.2) is 40.9 Å². The number of benzene rings is 2. The number of hydrogen-bond acceptors (Lipinski definition) is 1. The van der Waals surface area contributed by atoms with Crippen molar-refractivity contribution in [3.05, 3.63) is 61.3 Å². The van der Waals surface area contributed by atoms with Crippen LogP contribution >= 0.6 is 51.3 Å². The predicted octanol–water partition coefficient (Wildman–Crippen LogP) is 6.38. The Morgan fingerprint density at radius 1 is 1.19 bits per heavy atom. The number of nitrogens with one attached hydrogen (secondary N) is 1. The third-order valence-corrected chi connectivity index (χ3v) is 4.83. The van der Waals surface area contributed by atoms with Gasteiger partial charge in [-0.25, -0.2) is 0 Å². The average molecular weight is 402 g/mol. The zero-order chi connectivity index (χ0) is 15.1. The van der Waals surface area contributed by atoms with E-state index >= 15 is 0 Å². The van der Waals surface area contributed by atoms with Gasteiger partial charge in [0.2, 0.25) is 0 Å². The molecule has 108 valence electrons. The Hall–Kier alpha value is -0.810. The number of aromatic amines is 1. The standard InChI is InChI=1S/C15H11BrCl2N2S/c1-8(11-4-3-10(17)7-12(11)18)20-14-6-9(16)2-5-13(14)19-15(20)21/h2-8H,1H3,(H,19,21). The Labute approximate surface area is 145 Å². The van der Waals surface area contributed by atoms with Crippen molar-refractivity contribution in [3.63, 3.8) is 0 Å². The van der Waals surface area contributed by atoms with Gasteiger partial charge in [0.1, 0.15) is 0 Å². The second kappa shape index (κ2) is 5.76. The van der Waals surface area contributed by atoms with Crippen LogP contribution in [0.5, 0.6) is 0 Å². The number of halogens is 3. The van der Waals surface area contributed by atoms with Crippen LogP contribution in [0.25, 0.3) is 11.0 Å². The van der Waals surface area contributed by atoms with Crippen LogP contribution in [-0.4, -0.2) is 9.55 Å². The maximum Gasteiger partial charge on any atom is 0.178 e. The maximum absolute atomic E-state index is 6.32. The minimum atomic E-state index is 0.00492. The molecule has 1 unspecified atom stereocenters. The molecule has 0 aliphatic heterocycles. The fraction of sp³-hybridized carbons (Fsp3) is 0.133. The summed E-state index contributed by atoms with van der Waals surface area (Å²) in [5, 5.41) is 1.27. The number of hydrogen-bond donors (Lipinski definition) is 1. The smallest absolute Gasteiger partial charge is 0.178 e. The van der Waals surface area contributed by atoms with E-state index in [2.05, 4.69) is 32.4 Å². The summed E-state index contributed by atoms with van der Waals surface area (Å²) in [4.78, 5) is 3.22. The third kappa shape index (κ3) is 2.78. The van der Waals surface area contributed by atoms with Crippen LogP contribution in [0.1, 0.15) is 18.5 Å². The lowest BCUT2D eigenvalue weighted by molar-refractivity contribution is 0.649. The van der Waals surface area contributed by atoms with E-state index in [0.717, 1.165) is 21.1 Å². The normalized spacial score (nSPS) is 12.8. The lowest BCUT2D eigenvalue weighted by Gasteiger charge is -2.17. The second-order valence-corrected chi connectivity index (χ2v) is 6.95. The SMILES string of the molecule is CC(c1ccc(Cl)cc1Cl)n1c(=S)[nH]c2ccc(Br)cc21. The van der Waals surface area contributed by atoms with E-state index in [1.165, 1.54) is 0 Å². The molecule has 1 heterocycles. The Bertz CT molecular complexity index is 885. The minimum Gasteiger partial charge on any atom is -0.331 e. The highest BCUT2D eigenvalue weighted by Crippen LogP contribution is 2.31. The Morgan fingerprint density at radius 3 is 2.67 bits per heavy atom. The quantitative estimate of drug-likeness (QED) is 0.494. The Morgan fingerprint density at radius 2 is 1.95 bits per heavy atom. The number of nitrogens with zero attached hydrogens (tertiary/aromatic N) is 1. The third-order valence-electron chi connectivity index (χ3n) is 3.48. The highest BCUT2D eigenvalue weighted by Gasteiger charge is 2.16. The van der Waals surface area contributed by atoms with Crippen molar-refractivity contribution in [2.45, 2.75) is 13.0 Å². The molecule has 0 fully saturated rings. The first kappa shape index (κ1) is 15.1. The molecule has 2 aromatic carbocycles. The second-order valence-electron chi connectivity index (χ2n) is 4.80. The molecular weight excluding hydrogens is 391 g/mol. The van der Waals surface area contributed by atoms with Crippen LogP contribution in [0.2, 0.25) is 10.0 Å². The van der Waals surface area contributed by atoms with Gasteiger partial charge in [-0.15, -0.1) is 0 Å². The largest absolute Gasteiger partial charge is 0.331 e. The van der Waals surface area contributed by atoms with Crippen LogP contribution in [0, 0.1) is 4.77 Å². The summed E-state index contributed by atoms with van der Waals surface area (Å²) in [5.41, 5.74) is 3.02. The van der Waals surface area contributed by atoms with Gasteiger partial charge in [0.05, 0.1) is 17.1 Å². The maximum atomic E-state index is 6.32. The van der Waals surface area contributed by atoms with Crippen LogP contribution in [0.3, 0.4) is 0 Å². The van der Waals surface area contributed by atoms with Gasteiger partial charge in [-0.05, 0) is 55.0 Å². The van der Waals surface area contributed by atoms with Gasteiger partial charge in [-0.1, -0.05) is 45.2 Å². The molecule has 1 atom stereocenters. The number of H-pyrrole nitrogens is 1. The molecule has 0 radical (unpaired) electrons. The summed E-state index contributed by atoms with van der Waals surface area (Å²) in [5.74, 6) is 0. The predicted molar refractivity (Wildman–Crippen MR) is 95.1 cm³/mol. The van der Waals surface area contributed by atoms with Crippen molar-refractivity contribution < 1.29 is 0 Å². The molecule has 3 aromatic rings. The van der Waals surface area contributed by atoms with Crippen molar-refractivity contribution in [3.8, 4) is 0 Å². The molecule has 0 saturated heterocycles. The van der Waals surface area contributed by atoms with Crippen LogP contribution in [0.4, 0.5) is 0 Å². The van der Waals surface area contributed by atoms with E-state index in [9.17, 15) is 0 Å². The summed E-state index contributed by atoms with van der Waals surface area (Å²) in [6.45, 7) is 2.07. The number of rotatable bonds is 2.